The fourth-order valence-corrected chi connectivity index (χ4v) is 2.49. The molecule has 1 atom stereocenters. The first-order valence-corrected chi connectivity index (χ1v) is 8.40. The Kier molecular flexibility index (Phi) is 5.80. The Morgan fingerprint density at radius 1 is 1.32 bits per heavy atom. The lowest BCUT2D eigenvalue weighted by atomic mass is 10.0. The first-order chi connectivity index (χ1) is 8.69. The molecule has 0 saturated carbocycles. The van der Waals surface area contributed by atoms with E-state index in [-0.39, 0.29) is 24.4 Å². The molecule has 0 fully saturated rings. The van der Waals surface area contributed by atoms with E-state index in [1.54, 1.807) is 18.2 Å². The van der Waals surface area contributed by atoms with Gasteiger partial charge >= 0.3 is 0 Å². The van der Waals surface area contributed by atoms with Gasteiger partial charge in [0.25, 0.3) is 0 Å². The number of hydrogen-bond donors (Lipinski definition) is 1. The van der Waals surface area contributed by atoms with Gasteiger partial charge in [-0.3, -0.25) is 4.79 Å². The van der Waals surface area contributed by atoms with Gasteiger partial charge in [0.05, 0.1) is 21.8 Å². The van der Waals surface area contributed by atoms with Crippen molar-refractivity contribution in [2.45, 2.75) is 18.9 Å². The summed E-state index contributed by atoms with van der Waals surface area (Å²) in [6, 6.07) is 4.11. The van der Waals surface area contributed by atoms with Crippen LogP contribution in [0.2, 0.25) is 10.0 Å². The second kappa shape index (κ2) is 6.70. The van der Waals surface area contributed by atoms with Gasteiger partial charge in [-0.2, -0.15) is 0 Å². The molecule has 0 aliphatic heterocycles. The molecule has 1 rings (SSSR count). The Hall–Kier alpha value is -0.620. The molecule has 0 bridgehead atoms. The van der Waals surface area contributed by atoms with E-state index in [0.717, 1.165) is 6.26 Å². The number of halogens is 2. The summed E-state index contributed by atoms with van der Waals surface area (Å²) >= 11 is 11.6. The molecule has 0 saturated heterocycles. The average molecular weight is 324 g/mol. The first kappa shape index (κ1) is 16.4. The summed E-state index contributed by atoms with van der Waals surface area (Å²) < 4.78 is 22.0. The molecule has 0 radical (unpaired) electrons. The lowest BCUT2D eigenvalue weighted by Gasteiger charge is -2.10. The average Bonchev–Trinajstić information content (AvgIpc) is 2.29. The normalized spacial score (nSPS) is 13.3. The van der Waals surface area contributed by atoms with Gasteiger partial charge in [-0.25, -0.2) is 8.42 Å². The summed E-state index contributed by atoms with van der Waals surface area (Å²) in [5, 5.41) is 0.788. The maximum Gasteiger partial charge on any atom is 0.153 e. The molecule has 0 aromatic heterocycles. The van der Waals surface area contributed by atoms with E-state index in [1.165, 1.54) is 0 Å². The number of benzene rings is 1. The standard InChI is InChI=1S/C12H15Cl2NO3S/c1-19(17,18)5-4-11(15)12(16)7-8-2-3-9(13)10(14)6-8/h2-3,6,11H,4-5,7,15H2,1H3. The molecule has 2 N–H and O–H groups in total. The van der Waals surface area contributed by atoms with Crippen molar-refractivity contribution in [3.8, 4) is 0 Å². The van der Waals surface area contributed by atoms with Crippen LogP contribution in [-0.4, -0.2) is 32.3 Å². The van der Waals surface area contributed by atoms with Crippen molar-refractivity contribution in [1.82, 2.24) is 0 Å². The molecule has 0 spiro atoms. The smallest absolute Gasteiger partial charge is 0.153 e. The van der Waals surface area contributed by atoms with Crippen LogP contribution < -0.4 is 5.73 Å². The summed E-state index contributed by atoms with van der Waals surface area (Å²) in [7, 11) is -3.11. The Morgan fingerprint density at radius 3 is 2.47 bits per heavy atom. The molecule has 0 amide bonds. The van der Waals surface area contributed by atoms with Crippen LogP contribution in [0.15, 0.2) is 18.2 Å². The highest BCUT2D eigenvalue weighted by Gasteiger charge is 2.16. The minimum absolute atomic E-state index is 0.0960. The number of rotatable bonds is 6. The van der Waals surface area contributed by atoms with E-state index in [2.05, 4.69) is 0 Å². The Labute approximate surface area is 122 Å². The van der Waals surface area contributed by atoms with Gasteiger partial charge in [0.2, 0.25) is 0 Å². The molecule has 0 aliphatic rings. The number of nitrogens with two attached hydrogens (primary N) is 1. The zero-order valence-electron chi connectivity index (χ0n) is 10.4. The number of Topliss-reactive ketones (excluding diaryl/α,β-unsaturated/α-hetero) is 1. The Balaban J connectivity index is 2.61. The molecule has 4 nitrogen and oxygen atoms in total. The SMILES string of the molecule is CS(=O)(=O)CCC(N)C(=O)Cc1ccc(Cl)c(Cl)c1. The van der Waals surface area contributed by atoms with Crippen molar-refractivity contribution in [3.05, 3.63) is 33.8 Å². The largest absolute Gasteiger partial charge is 0.321 e. The van der Waals surface area contributed by atoms with Crippen LogP contribution in [0.3, 0.4) is 0 Å². The molecule has 106 valence electrons. The van der Waals surface area contributed by atoms with Crippen LogP contribution in [0.1, 0.15) is 12.0 Å². The number of carbonyl (C=O) groups is 1. The monoisotopic (exact) mass is 323 g/mol. The number of hydrogen-bond acceptors (Lipinski definition) is 4. The highest BCUT2D eigenvalue weighted by molar-refractivity contribution is 7.90. The number of carbonyl (C=O) groups excluding carboxylic acids is 1. The molecule has 1 unspecified atom stereocenters. The topological polar surface area (TPSA) is 77.2 Å². The maximum atomic E-state index is 11.8. The van der Waals surface area contributed by atoms with Gasteiger partial charge < -0.3 is 5.73 Å². The second-order valence-corrected chi connectivity index (χ2v) is 7.49. The van der Waals surface area contributed by atoms with E-state index in [9.17, 15) is 13.2 Å². The van der Waals surface area contributed by atoms with Crippen molar-refractivity contribution >= 4 is 38.8 Å². The predicted molar refractivity (Wildman–Crippen MR) is 77.5 cm³/mol. The van der Waals surface area contributed by atoms with Crippen molar-refractivity contribution in [1.29, 1.82) is 0 Å². The van der Waals surface area contributed by atoms with Crippen molar-refractivity contribution in [2.24, 2.45) is 5.73 Å². The minimum atomic E-state index is -3.11. The van der Waals surface area contributed by atoms with Crippen molar-refractivity contribution < 1.29 is 13.2 Å². The van der Waals surface area contributed by atoms with Crippen LogP contribution in [-0.2, 0) is 21.1 Å². The molecular weight excluding hydrogens is 309 g/mol. The van der Waals surface area contributed by atoms with Crippen LogP contribution in [0.4, 0.5) is 0 Å². The number of ketones is 1. The molecule has 0 aliphatic carbocycles. The fourth-order valence-electron chi connectivity index (χ4n) is 1.48. The summed E-state index contributed by atoms with van der Waals surface area (Å²) in [5.74, 6) is -0.316. The molecular formula is C12H15Cl2NO3S. The predicted octanol–water partition coefficient (Wildman–Crippen LogP) is 1.87. The molecule has 1 aromatic carbocycles. The van der Waals surface area contributed by atoms with Gasteiger partial charge in [-0.15, -0.1) is 0 Å². The van der Waals surface area contributed by atoms with Crippen LogP contribution in [0.25, 0.3) is 0 Å². The second-order valence-electron chi connectivity index (χ2n) is 4.42. The summed E-state index contributed by atoms with van der Waals surface area (Å²) in [6.07, 6.45) is 1.35. The lowest BCUT2D eigenvalue weighted by molar-refractivity contribution is -0.119. The van der Waals surface area contributed by atoms with E-state index in [0.29, 0.717) is 15.6 Å². The number of sulfone groups is 1. The van der Waals surface area contributed by atoms with Gasteiger partial charge in [-0.05, 0) is 24.1 Å². The molecule has 0 heterocycles. The quantitative estimate of drug-likeness (QED) is 0.866. The van der Waals surface area contributed by atoms with Gasteiger partial charge in [0.15, 0.2) is 5.78 Å². The Morgan fingerprint density at radius 2 is 1.95 bits per heavy atom. The van der Waals surface area contributed by atoms with Crippen LogP contribution in [0.5, 0.6) is 0 Å². The first-order valence-electron chi connectivity index (χ1n) is 5.59. The van der Waals surface area contributed by atoms with Gasteiger partial charge in [0, 0.05) is 12.7 Å². The fraction of sp³-hybridized carbons (Fsp3) is 0.417. The van der Waals surface area contributed by atoms with Gasteiger partial charge in [-0.1, -0.05) is 29.3 Å². The summed E-state index contributed by atoms with van der Waals surface area (Å²) in [6.45, 7) is 0. The van der Waals surface area contributed by atoms with Crippen LogP contribution in [0, 0.1) is 0 Å². The minimum Gasteiger partial charge on any atom is -0.321 e. The zero-order valence-corrected chi connectivity index (χ0v) is 12.7. The highest BCUT2D eigenvalue weighted by atomic mass is 35.5. The van der Waals surface area contributed by atoms with Gasteiger partial charge in [0.1, 0.15) is 9.84 Å². The van der Waals surface area contributed by atoms with E-state index >= 15 is 0 Å². The third-order valence-electron chi connectivity index (χ3n) is 2.58. The Bertz CT molecular complexity index is 572. The summed E-state index contributed by atoms with van der Waals surface area (Å²) in [5.41, 5.74) is 6.37. The van der Waals surface area contributed by atoms with Crippen molar-refractivity contribution in [2.75, 3.05) is 12.0 Å². The molecule has 19 heavy (non-hydrogen) atoms. The highest BCUT2D eigenvalue weighted by Crippen LogP contribution is 2.23. The zero-order chi connectivity index (χ0) is 14.6. The molecule has 7 heteroatoms. The van der Waals surface area contributed by atoms with Crippen LogP contribution >= 0.6 is 23.2 Å². The van der Waals surface area contributed by atoms with E-state index < -0.39 is 15.9 Å². The van der Waals surface area contributed by atoms with E-state index in [1.807, 2.05) is 0 Å². The van der Waals surface area contributed by atoms with E-state index in [4.69, 9.17) is 28.9 Å². The third kappa shape index (κ3) is 5.91. The summed E-state index contributed by atoms with van der Waals surface area (Å²) in [4.78, 5) is 11.8. The molecule has 1 aromatic rings. The lowest BCUT2D eigenvalue weighted by Crippen LogP contribution is -2.33. The maximum absolute atomic E-state index is 11.8. The third-order valence-corrected chi connectivity index (χ3v) is 4.29. The van der Waals surface area contributed by atoms with Crippen molar-refractivity contribution in [3.63, 3.8) is 0 Å².